The van der Waals surface area contributed by atoms with Crippen LogP contribution in [-0.2, 0) is 11.0 Å². The fourth-order valence-electron chi connectivity index (χ4n) is 1.57. The summed E-state index contributed by atoms with van der Waals surface area (Å²) in [5.74, 6) is -0.437. The second-order valence-corrected chi connectivity index (χ2v) is 4.29. The van der Waals surface area contributed by atoms with Gasteiger partial charge < -0.3 is 21.3 Å². The lowest BCUT2D eigenvalue weighted by Crippen LogP contribution is -2.34. The van der Waals surface area contributed by atoms with E-state index in [9.17, 15) is 28.2 Å². The molecule has 0 heterocycles. The lowest BCUT2D eigenvalue weighted by Gasteiger charge is -2.21. The number of benzene rings is 1. The zero-order valence-corrected chi connectivity index (χ0v) is 10.6. The number of nitrogens with two attached hydrogens (primary N) is 1. The predicted octanol–water partition coefficient (Wildman–Crippen LogP) is 0.818. The molecule has 1 amide bonds. The first-order valence-corrected chi connectivity index (χ1v) is 5.70. The Morgan fingerprint density at radius 3 is 2.50 bits per heavy atom. The van der Waals surface area contributed by atoms with E-state index < -0.39 is 29.9 Å². The third-order valence-corrected chi connectivity index (χ3v) is 2.66. The number of nitrogen functional groups attached to an aromatic ring is 1. The van der Waals surface area contributed by atoms with Crippen molar-refractivity contribution in [1.82, 2.24) is 5.32 Å². The summed E-state index contributed by atoms with van der Waals surface area (Å²) in [6.45, 7) is 0.907. The van der Waals surface area contributed by atoms with E-state index in [4.69, 9.17) is 5.73 Å². The first-order valence-electron chi connectivity index (χ1n) is 5.70. The lowest BCUT2D eigenvalue weighted by atomic mass is 9.99. The number of rotatable bonds is 4. The molecule has 5 nitrogen and oxygen atoms in total. The molecule has 20 heavy (non-hydrogen) atoms. The Hall–Kier alpha value is -1.80. The molecular weight excluding hydrogens is 277 g/mol. The number of aliphatic hydroxyl groups is 2. The topological polar surface area (TPSA) is 95.6 Å². The van der Waals surface area contributed by atoms with E-state index >= 15 is 0 Å². The van der Waals surface area contributed by atoms with Gasteiger partial charge in [0.2, 0.25) is 5.91 Å². The molecule has 1 aromatic carbocycles. The Balaban J connectivity index is 2.97. The van der Waals surface area contributed by atoms with E-state index in [0.717, 1.165) is 12.1 Å². The molecule has 112 valence electrons. The number of halogens is 3. The maximum atomic E-state index is 12.6. The third kappa shape index (κ3) is 4.10. The highest BCUT2D eigenvalue weighted by Gasteiger charge is 2.32. The van der Waals surface area contributed by atoms with Crippen LogP contribution in [0.3, 0.4) is 0 Å². The first-order chi connectivity index (χ1) is 9.12. The Kier molecular flexibility index (Phi) is 4.96. The monoisotopic (exact) mass is 292 g/mol. The summed E-state index contributed by atoms with van der Waals surface area (Å²) in [6, 6.07) is 2.47. The smallest absolute Gasteiger partial charge is 0.398 e. The summed E-state index contributed by atoms with van der Waals surface area (Å²) >= 11 is 0. The van der Waals surface area contributed by atoms with Gasteiger partial charge in [0.1, 0.15) is 12.2 Å². The highest BCUT2D eigenvalue weighted by atomic mass is 19.4. The van der Waals surface area contributed by atoms with Gasteiger partial charge in [-0.05, 0) is 18.2 Å². The van der Waals surface area contributed by atoms with Crippen LogP contribution in [0.4, 0.5) is 18.9 Å². The van der Waals surface area contributed by atoms with Crippen molar-refractivity contribution in [2.75, 3.05) is 12.3 Å². The maximum absolute atomic E-state index is 12.6. The molecule has 0 aliphatic carbocycles. The molecule has 0 saturated carbocycles. The van der Waals surface area contributed by atoms with Crippen LogP contribution in [0.15, 0.2) is 18.2 Å². The van der Waals surface area contributed by atoms with Gasteiger partial charge in [0.15, 0.2) is 0 Å². The van der Waals surface area contributed by atoms with Crippen LogP contribution in [0.1, 0.15) is 24.2 Å². The summed E-state index contributed by atoms with van der Waals surface area (Å²) in [6.07, 6.45) is -7.68. The molecule has 0 bridgehead atoms. The van der Waals surface area contributed by atoms with Crippen LogP contribution in [0, 0.1) is 0 Å². The highest BCUT2D eigenvalue weighted by Crippen LogP contribution is 2.33. The molecule has 8 heteroatoms. The van der Waals surface area contributed by atoms with Gasteiger partial charge in [0.05, 0.1) is 5.56 Å². The number of carbonyl (C=O) groups excluding carboxylic acids is 1. The SMILES string of the molecule is CC(=O)NCC(O)C(O)c1cc(C(F)(F)F)ccc1N. The Labute approximate surface area is 113 Å². The molecule has 0 radical (unpaired) electrons. The van der Waals surface area contributed by atoms with Gasteiger partial charge >= 0.3 is 6.18 Å². The minimum Gasteiger partial charge on any atom is -0.398 e. The third-order valence-electron chi connectivity index (χ3n) is 2.66. The summed E-state index contributed by atoms with van der Waals surface area (Å²) < 4.78 is 37.7. The molecular formula is C12H15F3N2O3. The molecule has 2 unspecified atom stereocenters. The Morgan fingerprint density at radius 2 is 2.00 bits per heavy atom. The van der Waals surface area contributed by atoms with Gasteiger partial charge in [-0.1, -0.05) is 0 Å². The van der Waals surface area contributed by atoms with Crippen molar-refractivity contribution in [3.8, 4) is 0 Å². The number of amides is 1. The van der Waals surface area contributed by atoms with Crippen LogP contribution in [0.2, 0.25) is 0 Å². The molecule has 0 spiro atoms. The van der Waals surface area contributed by atoms with Crippen LogP contribution < -0.4 is 11.1 Å². The normalized spacial score (nSPS) is 14.7. The minimum atomic E-state index is -4.58. The largest absolute Gasteiger partial charge is 0.416 e. The number of hydrogen-bond donors (Lipinski definition) is 4. The van der Waals surface area contributed by atoms with Gasteiger partial charge in [0.25, 0.3) is 0 Å². The zero-order valence-electron chi connectivity index (χ0n) is 10.6. The van der Waals surface area contributed by atoms with Crippen LogP contribution in [0.25, 0.3) is 0 Å². The number of aliphatic hydroxyl groups excluding tert-OH is 2. The minimum absolute atomic E-state index is 0.0765. The standard InChI is InChI=1S/C12H15F3N2O3/c1-6(18)17-5-10(19)11(20)8-4-7(12(13,14)15)2-3-9(8)16/h2-4,10-11,19-20H,5,16H2,1H3,(H,17,18). The van der Waals surface area contributed by atoms with E-state index in [1.807, 2.05) is 0 Å². The summed E-state index contributed by atoms with van der Waals surface area (Å²) in [4.78, 5) is 10.7. The van der Waals surface area contributed by atoms with Crippen molar-refractivity contribution >= 4 is 11.6 Å². The quantitative estimate of drug-likeness (QED) is 0.618. The average Bonchev–Trinajstić information content (AvgIpc) is 2.34. The summed E-state index contributed by atoms with van der Waals surface area (Å²) in [7, 11) is 0. The zero-order chi connectivity index (χ0) is 15.5. The van der Waals surface area contributed by atoms with E-state index in [0.29, 0.717) is 6.07 Å². The Morgan fingerprint density at radius 1 is 1.40 bits per heavy atom. The van der Waals surface area contributed by atoms with Gasteiger partial charge in [-0.15, -0.1) is 0 Å². The van der Waals surface area contributed by atoms with Crippen molar-refractivity contribution < 1.29 is 28.2 Å². The Bertz CT molecular complexity index is 491. The first kappa shape index (κ1) is 16.3. The highest BCUT2D eigenvalue weighted by molar-refractivity contribution is 5.72. The molecule has 0 aromatic heterocycles. The van der Waals surface area contributed by atoms with Gasteiger partial charge in [-0.25, -0.2) is 0 Å². The van der Waals surface area contributed by atoms with Crippen LogP contribution in [-0.4, -0.2) is 28.8 Å². The van der Waals surface area contributed by atoms with Gasteiger partial charge in [-0.2, -0.15) is 13.2 Å². The van der Waals surface area contributed by atoms with Gasteiger partial charge in [0, 0.05) is 24.7 Å². The number of nitrogens with one attached hydrogen (secondary N) is 1. The van der Waals surface area contributed by atoms with E-state index in [-0.39, 0.29) is 17.8 Å². The van der Waals surface area contributed by atoms with Crippen molar-refractivity contribution in [3.05, 3.63) is 29.3 Å². The molecule has 1 aromatic rings. The molecule has 2 atom stereocenters. The van der Waals surface area contributed by atoms with Crippen LogP contribution >= 0.6 is 0 Å². The van der Waals surface area contributed by atoms with E-state index in [1.54, 1.807) is 0 Å². The molecule has 0 saturated heterocycles. The van der Waals surface area contributed by atoms with Crippen molar-refractivity contribution in [2.45, 2.75) is 25.3 Å². The molecule has 0 fully saturated rings. The van der Waals surface area contributed by atoms with E-state index in [2.05, 4.69) is 5.32 Å². The molecule has 0 aliphatic heterocycles. The maximum Gasteiger partial charge on any atom is 0.416 e. The summed E-state index contributed by atoms with van der Waals surface area (Å²) in [5, 5.41) is 21.7. The average molecular weight is 292 g/mol. The summed E-state index contributed by atoms with van der Waals surface area (Å²) in [5.41, 5.74) is 4.21. The number of alkyl halides is 3. The number of carbonyl (C=O) groups is 1. The molecule has 1 rings (SSSR count). The number of anilines is 1. The molecule has 0 aliphatic rings. The van der Waals surface area contributed by atoms with Crippen LogP contribution in [0.5, 0.6) is 0 Å². The van der Waals surface area contributed by atoms with Crippen molar-refractivity contribution in [1.29, 1.82) is 0 Å². The fraction of sp³-hybridized carbons (Fsp3) is 0.417. The molecule has 5 N–H and O–H groups in total. The second kappa shape index (κ2) is 6.10. The number of hydrogen-bond acceptors (Lipinski definition) is 4. The predicted molar refractivity (Wildman–Crippen MR) is 65.5 cm³/mol. The van der Waals surface area contributed by atoms with Crippen molar-refractivity contribution in [2.24, 2.45) is 0 Å². The van der Waals surface area contributed by atoms with E-state index in [1.165, 1.54) is 6.92 Å². The second-order valence-electron chi connectivity index (χ2n) is 4.29. The fourth-order valence-corrected chi connectivity index (χ4v) is 1.57. The van der Waals surface area contributed by atoms with Crippen molar-refractivity contribution in [3.63, 3.8) is 0 Å². The van der Waals surface area contributed by atoms with Gasteiger partial charge in [-0.3, -0.25) is 4.79 Å². The lowest BCUT2D eigenvalue weighted by molar-refractivity contribution is -0.137.